The fraction of sp³-hybridized carbons (Fsp3) is 0.750. The molecule has 1 unspecified atom stereocenters. The van der Waals surface area contributed by atoms with Crippen LogP contribution in [0.5, 0.6) is 0 Å². The lowest BCUT2D eigenvalue weighted by Crippen LogP contribution is -2.42. The molecule has 0 amide bonds. The van der Waals surface area contributed by atoms with Crippen LogP contribution in [0.25, 0.3) is 0 Å². The summed E-state index contributed by atoms with van der Waals surface area (Å²) in [4.78, 5) is 3.72. The predicted molar refractivity (Wildman–Crippen MR) is 75.6 cm³/mol. The third-order valence-electron chi connectivity index (χ3n) is 2.81. The Bertz CT molecular complexity index is 406. The van der Waals surface area contributed by atoms with Crippen LogP contribution in [0.2, 0.25) is 25.7 Å². The zero-order valence-electron chi connectivity index (χ0n) is 12.1. The van der Waals surface area contributed by atoms with Crippen LogP contribution in [0.15, 0.2) is 11.6 Å². The standard InChI is InChI=1S/C12H20F3NO2SSi/c1-11(12(13,14)15,10-16-5-7-19-10)18-9-17-6-8-20(2,3)4/h5,7H,6,8-9H2,1-4H3. The minimum atomic E-state index is -4.53. The Balaban J connectivity index is 2.56. The van der Waals surface area contributed by atoms with E-state index in [9.17, 15) is 13.2 Å². The first kappa shape index (κ1) is 17.6. The number of thiazole rings is 1. The van der Waals surface area contributed by atoms with Crippen molar-refractivity contribution >= 4 is 19.4 Å². The Kier molecular flexibility index (Phi) is 5.76. The maximum absolute atomic E-state index is 13.2. The van der Waals surface area contributed by atoms with E-state index in [0.29, 0.717) is 6.61 Å². The van der Waals surface area contributed by atoms with Crippen molar-refractivity contribution in [2.75, 3.05) is 13.4 Å². The highest BCUT2D eigenvalue weighted by molar-refractivity contribution is 7.09. The molecule has 116 valence electrons. The van der Waals surface area contributed by atoms with E-state index in [1.807, 2.05) is 0 Å². The number of alkyl halides is 3. The monoisotopic (exact) mass is 327 g/mol. The summed E-state index contributed by atoms with van der Waals surface area (Å²) in [7, 11) is -1.26. The van der Waals surface area contributed by atoms with E-state index in [1.165, 1.54) is 11.6 Å². The number of hydrogen-bond donors (Lipinski definition) is 0. The minimum Gasteiger partial charge on any atom is -0.356 e. The molecule has 0 spiro atoms. The van der Waals surface area contributed by atoms with E-state index < -0.39 is 19.9 Å². The van der Waals surface area contributed by atoms with Gasteiger partial charge in [-0.25, -0.2) is 4.98 Å². The van der Waals surface area contributed by atoms with Crippen LogP contribution in [-0.4, -0.2) is 32.6 Å². The number of halogens is 3. The summed E-state index contributed by atoms with van der Waals surface area (Å²) < 4.78 is 49.6. The van der Waals surface area contributed by atoms with Crippen molar-refractivity contribution < 1.29 is 22.6 Å². The van der Waals surface area contributed by atoms with Gasteiger partial charge >= 0.3 is 6.18 Å². The number of aromatic nitrogens is 1. The van der Waals surface area contributed by atoms with Crippen molar-refractivity contribution in [2.45, 2.75) is 44.4 Å². The molecule has 1 aromatic heterocycles. The first-order valence-electron chi connectivity index (χ1n) is 6.25. The summed E-state index contributed by atoms with van der Waals surface area (Å²) in [6.45, 7) is 7.53. The fourth-order valence-corrected chi connectivity index (χ4v) is 2.85. The third-order valence-corrected chi connectivity index (χ3v) is 5.49. The molecular formula is C12H20F3NO2SSi. The molecule has 0 bridgehead atoms. The SMILES string of the molecule is CC(OCOCC[Si](C)(C)C)(c1nccs1)C(F)(F)F. The van der Waals surface area contributed by atoms with E-state index in [-0.39, 0.29) is 11.8 Å². The summed E-state index contributed by atoms with van der Waals surface area (Å²) in [5.41, 5.74) is -2.42. The van der Waals surface area contributed by atoms with Gasteiger partial charge in [0.15, 0.2) is 0 Å². The van der Waals surface area contributed by atoms with Gasteiger partial charge in [0, 0.05) is 26.3 Å². The fourth-order valence-electron chi connectivity index (χ4n) is 1.32. The van der Waals surface area contributed by atoms with E-state index in [4.69, 9.17) is 9.47 Å². The highest BCUT2D eigenvalue weighted by Crippen LogP contribution is 2.42. The van der Waals surface area contributed by atoms with Crippen molar-refractivity contribution in [1.82, 2.24) is 4.98 Å². The van der Waals surface area contributed by atoms with Crippen LogP contribution in [0.1, 0.15) is 11.9 Å². The van der Waals surface area contributed by atoms with Gasteiger partial charge in [-0.15, -0.1) is 11.3 Å². The number of hydrogen-bond acceptors (Lipinski definition) is 4. The number of rotatable bonds is 7. The molecular weight excluding hydrogens is 307 g/mol. The van der Waals surface area contributed by atoms with Crippen molar-refractivity contribution in [3.05, 3.63) is 16.6 Å². The Hall–Kier alpha value is -0.443. The molecule has 1 rings (SSSR count). The molecule has 0 aliphatic heterocycles. The Labute approximate surface area is 122 Å². The number of ether oxygens (including phenoxy) is 2. The van der Waals surface area contributed by atoms with E-state index >= 15 is 0 Å². The molecule has 8 heteroatoms. The third kappa shape index (κ3) is 4.83. The Morgan fingerprint density at radius 2 is 1.95 bits per heavy atom. The zero-order valence-corrected chi connectivity index (χ0v) is 13.9. The zero-order chi connectivity index (χ0) is 15.4. The van der Waals surface area contributed by atoms with Crippen molar-refractivity contribution in [3.8, 4) is 0 Å². The van der Waals surface area contributed by atoms with Gasteiger partial charge in [-0.1, -0.05) is 19.6 Å². The minimum absolute atomic E-state index is 0.112. The quantitative estimate of drug-likeness (QED) is 0.426. The summed E-state index contributed by atoms with van der Waals surface area (Å²) in [5.74, 6) is 0. The van der Waals surface area contributed by atoms with Crippen LogP contribution in [-0.2, 0) is 15.1 Å². The average molecular weight is 327 g/mol. The molecule has 0 saturated carbocycles. The van der Waals surface area contributed by atoms with Crippen molar-refractivity contribution in [3.63, 3.8) is 0 Å². The molecule has 0 aliphatic carbocycles. The van der Waals surface area contributed by atoms with E-state index in [0.717, 1.165) is 24.3 Å². The first-order chi connectivity index (χ1) is 9.06. The Morgan fingerprint density at radius 1 is 1.30 bits per heavy atom. The summed E-state index contributed by atoms with van der Waals surface area (Å²) in [6.07, 6.45) is -3.20. The summed E-state index contributed by atoms with van der Waals surface area (Å²) >= 11 is 0.920. The van der Waals surface area contributed by atoms with Crippen LogP contribution in [0.3, 0.4) is 0 Å². The van der Waals surface area contributed by atoms with Gasteiger partial charge in [-0.05, 0) is 13.0 Å². The molecule has 0 aromatic carbocycles. The molecule has 3 nitrogen and oxygen atoms in total. The smallest absolute Gasteiger partial charge is 0.356 e. The largest absolute Gasteiger partial charge is 0.423 e. The van der Waals surface area contributed by atoms with Gasteiger partial charge < -0.3 is 9.47 Å². The topological polar surface area (TPSA) is 31.4 Å². The van der Waals surface area contributed by atoms with Gasteiger partial charge in [-0.3, -0.25) is 0 Å². The summed E-state index contributed by atoms with van der Waals surface area (Å²) in [6, 6.07) is 0.885. The lowest BCUT2D eigenvalue weighted by atomic mass is 10.1. The van der Waals surface area contributed by atoms with Crippen LogP contribution < -0.4 is 0 Å². The van der Waals surface area contributed by atoms with Gasteiger partial charge in [0.1, 0.15) is 11.8 Å². The maximum atomic E-state index is 13.2. The molecule has 0 N–H and O–H groups in total. The molecule has 20 heavy (non-hydrogen) atoms. The van der Waals surface area contributed by atoms with Crippen LogP contribution in [0.4, 0.5) is 13.2 Å². The lowest BCUT2D eigenvalue weighted by molar-refractivity contribution is -0.298. The number of nitrogens with zero attached hydrogens (tertiary/aromatic N) is 1. The molecule has 1 atom stereocenters. The van der Waals surface area contributed by atoms with Crippen molar-refractivity contribution in [2.24, 2.45) is 0 Å². The maximum Gasteiger partial charge on any atom is 0.423 e. The van der Waals surface area contributed by atoms with Crippen LogP contribution in [0, 0.1) is 0 Å². The molecule has 0 fully saturated rings. The average Bonchev–Trinajstić information content (AvgIpc) is 2.78. The Morgan fingerprint density at radius 3 is 2.40 bits per heavy atom. The van der Waals surface area contributed by atoms with Gasteiger partial charge in [0.25, 0.3) is 0 Å². The second-order valence-electron chi connectivity index (χ2n) is 5.85. The predicted octanol–water partition coefficient (Wildman–Crippen LogP) is 4.25. The van der Waals surface area contributed by atoms with Crippen LogP contribution >= 0.6 is 11.3 Å². The molecule has 0 saturated heterocycles. The molecule has 1 aromatic rings. The highest BCUT2D eigenvalue weighted by Gasteiger charge is 2.55. The highest BCUT2D eigenvalue weighted by atomic mass is 32.1. The van der Waals surface area contributed by atoms with Crippen molar-refractivity contribution in [1.29, 1.82) is 0 Å². The normalized spacial score (nSPS) is 16.1. The second kappa shape index (κ2) is 6.55. The van der Waals surface area contributed by atoms with E-state index in [2.05, 4.69) is 24.6 Å². The van der Waals surface area contributed by atoms with Gasteiger partial charge in [0.2, 0.25) is 5.60 Å². The molecule has 0 radical (unpaired) electrons. The van der Waals surface area contributed by atoms with Gasteiger partial charge in [-0.2, -0.15) is 13.2 Å². The second-order valence-corrected chi connectivity index (χ2v) is 12.4. The summed E-state index contributed by atoms with van der Waals surface area (Å²) in [5, 5.41) is 1.38. The molecule has 0 aliphatic rings. The van der Waals surface area contributed by atoms with E-state index in [1.54, 1.807) is 0 Å². The molecule has 1 heterocycles. The first-order valence-corrected chi connectivity index (χ1v) is 10.8. The van der Waals surface area contributed by atoms with Gasteiger partial charge in [0.05, 0.1) is 0 Å². The lowest BCUT2D eigenvalue weighted by Gasteiger charge is -2.30.